The van der Waals surface area contributed by atoms with E-state index >= 15 is 0 Å². The van der Waals surface area contributed by atoms with E-state index in [9.17, 15) is 5.11 Å². The molecule has 82 valence electrons. The molecule has 0 radical (unpaired) electrons. The highest BCUT2D eigenvalue weighted by molar-refractivity contribution is 5.85. The van der Waals surface area contributed by atoms with Gasteiger partial charge in [0, 0.05) is 11.8 Å². The van der Waals surface area contributed by atoms with Crippen LogP contribution in [0.4, 0.5) is 5.95 Å². The van der Waals surface area contributed by atoms with E-state index < -0.39 is 0 Å². The molecule has 2 rings (SSSR count). The van der Waals surface area contributed by atoms with Gasteiger partial charge in [-0.25, -0.2) is 10.1 Å². The van der Waals surface area contributed by atoms with Crippen LogP contribution in [0.5, 0.6) is 11.5 Å². The van der Waals surface area contributed by atoms with Crippen molar-refractivity contribution in [3.63, 3.8) is 0 Å². The van der Waals surface area contributed by atoms with Crippen molar-refractivity contribution >= 4 is 12.2 Å². The highest BCUT2D eigenvalue weighted by atomic mass is 16.5. The van der Waals surface area contributed by atoms with Gasteiger partial charge in [-0.1, -0.05) is 6.07 Å². The molecule has 0 saturated carbocycles. The number of methoxy groups -OCH3 is 1. The van der Waals surface area contributed by atoms with Crippen molar-refractivity contribution in [2.45, 2.75) is 0 Å². The van der Waals surface area contributed by atoms with E-state index in [1.165, 1.54) is 19.7 Å². The second kappa shape index (κ2) is 4.43. The third kappa shape index (κ3) is 2.00. The molecule has 2 N–H and O–H groups in total. The van der Waals surface area contributed by atoms with E-state index in [1.54, 1.807) is 18.2 Å². The van der Waals surface area contributed by atoms with E-state index in [-0.39, 0.29) is 5.75 Å². The van der Waals surface area contributed by atoms with E-state index in [4.69, 9.17) is 4.74 Å². The number of aromatic amines is 1. The molecule has 1 aromatic carbocycles. The number of rotatable bonds is 3. The van der Waals surface area contributed by atoms with Gasteiger partial charge in [0.1, 0.15) is 6.33 Å². The van der Waals surface area contributed by atoms with Crippen LogP contribution < -0.4 is 4.74 Å². The Labute approximate surface area is 91.6 Å². The lowest BCUT2D eigenvalue weighted by atomic mass is 10.2. The summed E-state index contributed by atoms with van der Waals surface area (Å²) in [6.45, 7) is 0. The van der Waals surface area contributed by atoms with E-state index in [1.807, 2.05) is 0 Å². The van der Waals surface area contributed by atoms with Crippen LogP contribution in [0.15, 0.2) is 29.5 Å². The molecule has 16 heavy (non-hydrogen) atoms. The Kier molecular flexibility index (Phi) is 2.81. The fourth-order valence-corrected chi connectivity index (χ4v) is 1.20. The average Bonchev–Trinajstić information content (AvgIpc) is 2.81. The fourth-order valence-electron chi connectivity index (χ4n) is 1.20. The van der Waals surface area contributed by atoms with Gasteiger partial charge in [-0.2, -0.15) is 10.1 Å². The zero-order valence-electron chi connectivity index (χ0n) is 8.58. The molecule has 0 unspecified atom stereocenters. The lowest BCUT2D eigenvalue weighted by Gasteiger charge is -2.04. The SMILES string of the molecule is COc1cccc(C=Nc2ncn[nH]2)c1O. The summed E-state index contributed by atoms with van der Waals surface area (Å²) < 4.78 is 4.98. The first-order valence-corrected chi connectivity index (χ1v) is 4.56. The lowest BCUT2D eigenvalue weighted by molar-refractivity contribution is 0.373. The van der Waals surface area contributed by atoms with Crippen LogP contribution in [0, 0.1) is 0 Å². The molecular formula is C10H10N4O2. The number of aliphatic imine (C=N–C) groups is 1. The Morgan fingerprint density at radius 3 is 3.06 bits per heavy atom. The second-order valence-electron chi connectivity index (χ2n) is 2.97. The summed E-state index contributed by atoms with van der Waals surface area (Å²) >= 11 is 0. The molecule has 0 saturated heterocycles. The van der Waals surface area contributed by atoms with Gasteiger partial charge in [0.05, 0.1) is 7.11 Å². The summed E-state index contributed by atoms with van der Waals surface area (Å²) in [5.41, 5.74) is 0.552. The molecule has 1 heterocycles. The Morgan fingerprint density at radius 1 is 1.50 bits per heavy atom. The highest BCUT2D eigenvalue weighted by Crippen LogP contribution is 2.28. The van der Waals surface area contributed by atoms with Crippen molar-refractivity contribution in [1.82, 2.24) is 15.2 Å². The molecule has 6 heteroatoms. The quantitative estimate of drug-likeness (QED) is 0.760. The molecule has 0 fully saturated rings. The minimum absolute atomic E-state index is 0.0493. The van der Waals surface area contributed by atoms with E-state index in [0.717, 1.165) is 0 Å². The minimum Gasteiger partial charge on any atom is -0.504 e. The summed E-state index contributed by atoms with van der Waals surface area (Å²) in [5, 5.41) is 16.0. The predicted octanol–water partition coefficient (Wildman–Crippen LogP) is 1.27. The zero-order valence-corrected chi connectivity index (χ0v) is 8.58. The first-order chi connectivity index (χ1) is 7.81. The first kappa shape index (κ1) is 10.2. The zero-order chi connectivity index (χ0) is 11.4. The molecule has 0 spiro atoms. The molecule has 6 nitrogen and oxygen atoms in total. The maximum absolute atomic E-state index is 9.75. The Bertz CT molecular complexity index is 494. The third-order valence-electron chi connectivity index (χ3n) is 1.98. The normalized spacial score (nSPS) is 10.8. The maximum Gasteiger partial charge on any atom is 0.245 e. The van der Waals surface area contributed by atoms with Crippen LogP contribution in [0.25, 0.3) is 0 Å². The van der Waals surface area contributed by atoms with Gasteiger partial charge in [-0.3, -0.25) is 0 Å². The third-order valence-corrected chi connectivity index (χ3v) is 1.98. The molecule has 2 aromatic rings. The monoisotopic (exact) mass is 218 g/mol. The number of H-pyrrole nitrogens is 1. The number of aromatic nitrogens is 3. The molecular weight excluding hydrogens is 208 g/mol. The summed E-state index contributed by atoms with van der Waals surface area (Å²) in [5.74, 6) is 0.831. The van der Waals surface area contributed by atoms with Crippen molar-refractivity contribution in [1.29, 1.82) is 0 Å². The lowest BCUT2D eigenvalue weighted by Crippen LogP contribution is -1.88. The number of para-hydroxylation sites is 1. The van der Waals surface area contributed by atoms with Crippen LogP contribution in [0.2, 0.25) is 0 Å². The van der Waals surface area contributed by atoms with Gasteiger partial charge >= 0.3 is 0 Å². The Hall–Kier alpha value is -2.37. The van der Waals surface area contributed by atoms with Gasteiger partial charge in [-0.15, -0.1) is 0 Å². The van der Waals surface area contributed by atoms with Crippen LogP contribution in [0.1, 0.15) is 5.56 Å². The number of nitrogens with zero attached hydrogens (tertiary/aromatic N) is 3. The van der Waals surface area contributed by atoms with Crippen LogP contribution in [-0.2, 0) is 0 Å². The standard InChI is InChI=1S/C10H10N4O2/c1-16-8-4-2-3-7(9(8)15)5-11-10-12-6-13-14-10/h2-6,15H,1H3,(H,12,13,14). The molecule has 0 aliphatic carbocycles. The molecule has 0 aliphatic heterocycles. The van der Waals surface area contributed by atoms with Crippen LogP contribution >= 0.6 is 0 Å². The van der Waals surface area contributed by atoms with E-state index in [0.29, 0.717) is 17.3 Å². The number of nitrogens with one attached hydrogen (secondary N) is 1. The summed E-state index contributed by atoms with van der Waals surface area (Å²) in [6.07, 6.45) is 2.84. The summed E-state index contributed by atoms with van der Waals surface area (Å²) in [6, 6.07) is 5.15. The summed E-state index contributed by atoms with van der Waals surface area (Å²) in [4.78, 5) is 7.83. The Morgan fingerprint density at radius 2 is 2.38 bits per heavy atom. The van der Waals surface area contributed by atoms with Crippen molar-refractivity contribution in [2.24, 2.45) is 4.99 Å². The first-order valence-electron chi connectivity index (χ1n) is 4.56. The van der Waals surface area contributed by atoms with Crippen molar-refractivity contribution in [3.8, 4) is 11.5 Å². The van der Waals surface area contributed by atoms with Gasteiger partial charge < -0.3 is 9.84 Å². The molecule has 1 aromatic heterocycles. The van der Waals surface area contributed by atoms with Crippen molar-refractivity contribution in [2.75, 3.05) is 7.11 Å². The van der Waals surface area contributed by atoms with Crippen LogP contribution in [-0.4, -0.2) is 33.6 Å². The topological polar surface area (TPSA) is 83.4 Å². The molecule has 0 aliphatic rings. The minimum atomic E-state index is 0.0493. The number of hydrogen-bond donors (Lipinski definition) is 2. The number of aromatic hydroxyl groups is 1. The maximum atomic E-state index is 9.75. The largest absolute Gasteiger partial charge is 0.504 e. The van der Waals surface area contributed by atoms with Gasteiger partial charge in [0.15, 0.2) is 11.5 Å². The number of phenolic OH excluding ortho intramolecular Hbond substituents is 1. The number of ether oxygens (including phenoxy) is 1. The summed E-state index contributed by atoms with van der Waals surface area (Å²) in [7, 11) is 1.49. The van der Waals surface area contributed by atoms with Crippen LogP contribution in [0.3, 0.4) is 0 Å². The van der Waals surface area contributed by atoms with Gasteiger partial charge in [0.25, 0.3) is 0 Å². The second-order valence-corrected chi connectivity index (χ2v) is 2.97. The van der Waals surface area contributed by atoms with Gasteiger partial charge in [0.2, 0.25) is 5.95 Å². The van der Waals surface area contributed by atoms with Crippen molar-refractivity contribution in [3.05, 3.63) is 30.1 Å². The molecule has 0 bridgehead atoms. The van der Waals surface area contributed by atoms with E-state index in [2.05, 4.69) is 20.2 Å². The fraction of sp³-hybridized carbons (Fsp3) is 0.100. The van der Waals surface area contributed by atoms with Crippen molar-refractivity contribution < 1.29 is 9.84 Å². The number of benzene rings is 1. The highest BCUT2D eigenvalue weighted by Gasteiger charge is 2.04. The molecule has 0 amide bonds. The number of phenols is 1. The van der Waals surface area contributed by atoms with Gasteiger partial charge in [-0.05, 0) is 12.1 Å². The average molecular weight is 218 g/mol. The predicted molar refractivity (Wildman–Crippen MR) is 58.3 cm³/mol. The Balaban J connectivity index is 2.28. The molecule has 0 atom stereocenters. The number of hydrogen-bond acceptors (Lipinski definition) is 5. The smallest absolute Gasteiger partial charge is 0.245 e.